The molecule has 1 aliphatic heterocycles. The molecule has 1 fully saturated rings. The van der Waals surface area contributed by atoms with Crippen molar-refractivity contribution in [3.8, 4) is 5.75 Å². The normalized spacial score (nSPS) is 15.4. The minimum Gasteiger partial charge on any atom is -0.445 e. The summed E-state index contributed by atoms with van der Waals surface area (Å²) < 4.78 is 20.9. The number of nitrogens with one attached hydrogen (secondary N) is 3. The number of rotatable bonds is 12. The van der Waals surface area contributed by atoms with E-state index in [4.69, 9.17) is 18.9 Å². The van der Waals surface area contributed by atoms with Crippen LogP contribution in [0.4, 0.5) is 25.8 Å². The van der Waals surface area contributed by atoms with E-state index in [0.29, 0.717) is 30.6 Å². The summed E-state index contributed by atoms with van der Waals surface area (Å²) >= 11 is 0. The Balaban J connectivity index is 1.43. The molecule has 2 aromatic carbocycles. The number of anilines is 1. The van der Waals surface area contributed by atoms with Gasteiger partial charge in [0.25, 0.3) is 5.69 Å². The number of hydrogen-bond donors (Lipinski definition) is 3. The summed E-state index contributed by atoms with van der Waals surface area (Å²) in [7, 11) is 0. The van der Waals surface area contributed by atoms with Crippen LogP contribution in [0.5, 0.6) is 5.75 Å². The Morgan fingerprint density at radius 3 is 2.18 bits per heavy atom. The molecule has 4 amide bonds. The van der Waals surface area contributed by atoms with Gasteiger partial charge in [-0.1, -0.05) is 26.0 Å². The number of carbonyl (C=O) groups excluding carboxylic acids is 5. The average molecular weight is 686 g/mol. The fourth-order valence-electron chi connectivity index (χ4n) is 4.68. The molecule has 0 bridgehead atoms. The number of benzene rings is 2. The van der Waals surface area contributed by atoms with Crippen molar-refractivity contribution >= 4 is 41.5 Å². The number of nitro benzene ring substituents is 1. The van der Waals surface area contributed by atoms with Gasteiger partial charge in [-0.3, -0.25) is 19.7 Å². The third-order valence-electron chi connectivity index (χ3n) is 7.21. The van der Waals surface area contributed by atoms with Crippen molar-refractivity contribution in [1.82, 2.24) is 15.5 Å². The summed E-state index contributed by atoms with van der Waals surface area (Å²) in [5.41, 5.74) is 0.217. The van der Waals surface area contributed by atoms with Crippen molar-refractivity contribution in [3.05, 3.63) is 64.2 Å². The van der Waals surface area contributed by atoms with Crippen LogP contribution >= 0.6 is 0 Å². The second kappa shape index (κ2) is 17.1. The van der Waals surface area contributed by atoms with Gasteiger partial charge in [-0.15, -0.1) is 0 Å². The number of likely N-dealkylation sites (tertiary alicyclic amines) is 1. The minimum absolute atomic E-state index is 0.0486. The van der Waals surface area contributed by atoms with Crippen LogP contribution < -0.4 is 20.7 Å². The van der Waals surface area contributed by atoms with Crippen LogP contribution in [0.3, 0.4) is 0 Å². The van der Waals surface area contributed by atoms with E-state index in [0.717, 1.165) is 0 Å². The van der Waals surface area contributed by atoms with Crippen molar-refractivity contribution in [2.45, 2.75) is 84.7 Å². The molecule has 0 radical (unpaired) electrons. The highest BCUT2D eigenvalue weighted by atomic mass is 16.7. The van der Waals surface area contributed by atoms with Crippen LogP contribution in [-0.4, -0.2) is 76.9 Å². The molecule has 0 aromatic heterocycles. The molecule has 3 rings (SSSR count). The Morgan fingerprint density at radius 2 is 1.59 bits per heavy atom. The average Bonchev–Trinajstić information content (AvgIpc) is 3.50. The Bertz CT molecular complexity index is 1490. The standard InChI is InChI=1S/C33H43N5O11/c1-20(2)27(36-30(41)49-33(4,5)6)29(40)34-21(3)28(39)35-23-11-9-22(10-12-23)18-46-31(42)37-17-7-8-25(37)19-47-32(43)48-26-15-13-24(14-16-26)38(44)45/h9-16,20-21,25,27H,7-8,17-19H2,1-6H3,(H,34,40)(H,35,39)(H,36,41)/t21-,25-,27-/m0/s1. The first-order valence-electron chi connectivity index (χ1n) is 15.7. The summed E-state index contributed by atoms with van der Waals surface area (Å²) in [5, 5.41) is 18.6. The van der Waals surface area contributed by atoms with Gasteiger partial charge in [0.2, 0.25) is 11.8 Å². The molecule has 1 aliphatic rings. The number of amides is 4. The lowest BCUT2D eigenvalue weighted by Gasteiger charge is -2.26. The highest BCUT2D eigenvalue weighted by Crippen LogP contribution is 2.21. The molecule has 16 nitrogen and oxygen atoms in total. The zero-order valence-electron chi connectivity index (χ0n) is 28.3. The maximum atomic E-state index is 12.8. The number of carbonyl (C=O) groups is 5. The molecule has 16 heteroatoms. The van der Waals surface area contributed by atoms with E-state index in [9.17, 15) is 34.1 Å². The van der Waals surface area contributed by atoms with Gasteiger partial charge in [0.1, 0.15) is 36.6 Å². The van der Waals surface area contributed by atoms with Crippen molar-refractivity contribution < 1.29 is 47.8 Å². The van der Waals surface area contributed by atoms with Crippen LogP contribution in [0.2, 0.25) is 0 Å². The predicted molar refractivity (Wildman–Crippen MR) is 176 cm³/mol. The molecular formula is C33H43N5O11. The third-order valence-corrected chi connectivity index (χ3v) is 7.21. The zero-order chi connectivity index (χ0) is 36.3. The van der Waals surface area contributed by atoms with E-state index >= 15 is 0 Å². The lowest BCUT2D eigenvalue weighted by atomic mass is 10.0. The number of alkyl carbamates (subject to hydrolysis) is 1. The summed E-state index contributed by atoms with van der Waals surface area (Å²) in [4.78, 5) is 74.4. The predicted octanol–water partition coefficient (Wildman–Crippen LogP) is 4.90. The monoisotopic (exact) mass is 685 g/mol. The van der Waals surface area contributed by atoms with Gasteiger partial charge in [-0.2, -0.15) is 0 Å². The summed E-state index contributed by atoms with van der Waals surface area (Å²) in [6, 6.07) is 9.29. The number of nitrogens with zero attached hydrogens (tertiary/aromatic N) is 2. The van der Waals surface area contributed by atoms with Gasteiger partial charge in [-0.25, -0.2) is 14.4 Å². The molecule has 49 heavy (non-hydrogen) atoms. The summed E-state index contributed by atoms with van der Waals surface area (Å²) in [6.45, 7) is 10.4. The van der Waals surface area contributed by atoms with E-state index in [-0.39, 0.29) is 30.6 Å². The Kier molecular flexibility index (Phi) is 13.3. The quantitative estimate of drug-likeness (QED) is 0.0900. The Labute approximate surface area is 283 Å². The van der Waals surface area contributed by atoms with Gasteiger partial charge in [0.05, 0.1) is 11.0 Å². The van der Waals surface area contributed by atoms with Gasteiger partial charge in [-0.05, 0) is 76.3 Å². The molecule has 0 spiro atoms. The van der Waals surface area contributed by atoms with E-state index < -0.39 is 58.8 Å². The van der Waals surface area contributed by atoms with Crippen LogP contribution in [0, 0.1) is 16.0 Å². The topological polar surface area (TPSA) is 205 Å². The minimum atomic E-state index is -1.01. The maximum absolute atomic E-state index is 12.8. The van der Waals surface area contributed by atoms with Gasteiger partial charge in [0, 0.05) is 24.4 Å². The number of hydrogen-bond acceptors (Lipinski definition) is 11. The highest BCUT2D eigenvalue weighted by Gasteiger charge is 2.32. The molecule has 3 atom stereocenters. The van der Waals surface area contributed by atoms with Crippen molar-refractivity contribution in [3.63, 3.8) is 0 Å². The molecule has 0 aliphatic carbocycles. The van der Waals surface area contributed by atoms with E-state index in [2.05, 4.69) is 16.0 Å². The SMILES string of the molecule is CC(C)[C@H](NC(=O)OC(C)(C)C)C(=O)N[C@@H](C)C(=O)Nc1ccc(COC(=O)N2CCC[C@H]2COC(=O)Oc2ccc([N+](=O)[O-])cc2)cc1. The van der Waals surface area contributed by atoms with Crippen LogP contribution in [0.25, 0.3) is 0 Å². The van der Waals surface area contributed by atoms with Crippen LogP contribution in [0.15, 0.2) is 48.5 Å². The number of ether oxygens (including phenoxy) is 4. The Hall–Kier alpha value is -5.41. The van der Waals surface area contributed by atoms with Crippen molar-refractivity contribution in [2.24, 2.45) is 5.92 Å². The lowest BCUT2D eigenvalue weighted by molar-refractivity contribution is -0.384. The second-order valence-electron chi connectivity index (χ2n) is 12.7. The maximum Gasteiger partial charge on any atom is 0.513 e. The zero-order valence-corrected chi connectivity index (χ0v) is 28.3. The molecule has 1 heterocycles. The molecule has 2 aromatic rings. The number of nitro groups is 1. The lowest BCUT2D eigenvalue weighted by Crippen LogP contribution is -2.54. The molecule has 0 saturated carbocycles. The fraction of sp³-hybridized carbons (Fsp3) is 0.485. The van der Waals surface area contributed by atoms with E-state index in [1.165, 1.54) is 36.1 Å². The highest BCUT2D eigenvalue weighted by molar-refractivity contribution is 5.98. The molecule has 1 saturated heterocycles. The number of non-ortho nitro benzene ring substituents is 1. The molecular weight excluding hydrogens is 642 g/mol. The molecule has 3 N–H and O–H groups in total. The van der Waals surface area contributed by atoms with E-state index in [1.54, 1.807) is 58.9 Å². The van der Waals surface area contributed by atoms with Crippen LogP contribution in [0.1, 0.15) is 59.9 Å². The fourth-order valence-corrected chi connectivity index (χ4v) is 4.68. The largest absolute Gasteiger partial charge is 0.513 e. The van der Waals surface area contributed by atoms with Gasteiger partial charge < -0.3 is 39.8 Å². The van der Waals surface area contributed by atoms with Crippen molar-refractivity contribution in [1.29, 1.82) is 0 Å². The first kappa shape index (κ1) is 38.0. The summed E-state index contributed by atoms with van der Waals surface area (Å²) in [6.07, 6.45) is -1.05. The van der Waals surface area contributed by atoms with Gasteiger partial charge in [0.15, 0.2) is 0 Å². The van der Waals surface area contributed by atoms with Crippen molar-refractivity contribution in [2.75, 3.05) is 18.5 Å². The Morgan fingerprint density at radius 1 is 0.939 bits per heavy atom. The first-order chi connectivity index (χ1) is 23.0. The van der Waals surface area contributed by atoms with Crippen LogP contribution in [-0.2, 0) is 30.4 Å². The smallest absolute Gasteiger partial charge is 0.445 e. The van der Waals surface area contributed by atoms with Gasteiger partial charge >= 0.3 is 18.3 Å². The summed E-state index contributed by atoms with van der Waals surface area (Å²) in [5.74, 6) is -1.20. The molecule has 0 unspecified atom stereocenters. The van der Waals surface area contributed by atoms with E-state index in [1.807, 2.05) is 0 Å². The third kappa shape index (κ3) is 12.3. The first-order valence-corrected chi connectivity index (χ1v) is 15.7. The second-order valence-corrected chi connectivity index (χ2v) is 12.7. The molecule has 266 valence electrons.